The van der Waals surface area contributed by atoms with Gasteiger partial charge in [-0.05, 0) is 12.1 Å². The van der Waals surface area contributed by atoms with Gasteiger partial charge >= 0.3 is 0 Å². The lowest BCUT2D eigenvalue weighted by atomic mass is 10.1. The van der Waals surface area contributed by atoms with Crippen LogP contribution in [-0.2, 0) is 0 Å². The van der Waals surface area contributed by atoms with E-state index in [1.165, 1.54) is 12.1 Å². The molecule has 2 rings (SSSR count). The summed E-state index contributed by atoms with van der Waals surface area (Å²) in [6.07, 6.45) is 0. The summed E-state index contributed by atoms with van der Waals surface area (Å²) in [6.45, 7) is 2.34. The molecule has 1 amide bonds. The topological polar surface area (TPSA) is 49.6 Å². The number of piperazine rings is 1. The van der Waals surface area contributed by atoms with E-state index in [1.807, 2.05) is 0 Å². The monoisotopic (exact) mass is 223 g/mol. The molecule has 0 bridgehead atoms. The Morgan fingerprint density at radius 3 is 2.44 bits per heavy atom. The Labute approximate surface area is 93.4 Å². The number of carbonyl (C=O) groups is 1. The summed E-state index contributed by atoms with van der Waals surface area (Å²) in [5.74, 6) is 4.86. The van der Waals surface area contributed by atoms with E-state index in [1.54, 1.807) is 22.0 Å². The summed E-state index contributed by atoms with van der Waals surface area (Å²) < 4.78 is 13.4. The molecule has 1 aromatic carbocycles. The molecule has 1 aliphatic rings. The van der Waals surface area contributed by atoms with Gasteiger partial charge in [-0.25, -0.2) is 9.40 Å². The molecule has 1 saturated heterocycles. The predicted molar refractivity (Wildman–Crippen MR) is 58.1 cm³/mol. The molecule has 0 spiro atoms. The van der Waals surface area contributed by atoms with Crippen molar-refractivity contribution in [1.29, 1.82) is 0 Å². The number of hydrogen-bond donors (Lipinski definition) is 1. The number of halogens is 1. The van der Waals surface area contributed by atoms with E-state index in [9.17, 15) is 9.18 Å². The minimum Gasteiger partial charge on any atom is -0.336 e. The number of hydrazine groups is 1. The van der Waals surface area contributed by atoms with Crippen LogP contribution in [0.25, 0.3) is 0 Å². The Bertz CT molecular complexity index is 389. The Balaban J connectivity index is 2.11. The number of nitrogens with zero attached hydrogens (tertiary/aromatic N) is 2. The third kappa shape index (κ3) is 2.20. The van der Waals surface area contributed by atoms with Gasteiger partial charge in [0.05, 0.1) is 5.56 Å². The van der Waals surface area contributed by atoms with Gasteiger partial charge in [0.25, 0.3) is 5.91 Å². The SMILES string of the molecule is NN1CCN(C(=O)c2ccccc2F)CC1. The molecule has 0 saturated carbocycles. The third-order valence-corrected chi connectivity index (χ3v) is 2.71. The van der Waals surface area contributed by atoms with E-state index in [0.29, 0.717) is 26.2 Å². The summed E-state index contributed by atoms with van der Waals surface area (Å²) >= 11 is 0. The van der Waals surface area contributed by atoms with E-state index >= 15 is 0 Å². The second-order valence-electron chi connectivity index (χ2n) is 3.81. The Hall–Kier alpha value is -1.46. The molecule has 5 heteroatoms. The Kier molecular flexibility index (Phi) is 3.17. The normalized spacial score (nSPS) is 17.5. The lowest BCUT2D eigenvalue weighted by molar-refractivity contribution is 0.0633. The summed E-state index contributed by atoms with van der Waals surface area (Å²) in [5, 5.41) is 1.66. The van der Waals surface area contributed by atoms with Gasteiger partial charge in [0.15, 0.2) is 0 Å². The summed E-state index contributed by atoms with van der Waals surface area (Å²) in [6, 6.07) is 6.04. The molecule has 86 valence electrons. The largest absolute Gasteiger partial charge is 0.336 e. The van der Waals surface area contributed by atoms with Crippen LogP contribution in [0.2, 0.25) is 0 Å². The van der Waals surface area contributed by atoms with Crippen LogP contribution in [0.1, 0.15) is 10.4 Å². The fraction of sp³-hybridized carbons (Fsp3) is 0.364. The smallest absolute Gasteiger partial charge is 0.256 e. The summed E-state index contributed by atoms with van der Waals surface area (Å²) in [7, 11) is 0. The maximum atomic E-state index is 13.4. The number of nitrogens with two attached hydrogens (primary N) is 1. The minimum absolute atomic E-state index is 0.132. The zero-order chi connectivity index (χ0) is 11.5. The third-order valence-electron chi connectivity index (χ3n) is 2.71. The quantitative estimate of drug-likeness (QED) is 0.703. The van der Waals surface area contributed by atoms with Crippen LogP contribution in [0, 0.1) is 5.82 Å². The molecule has 2 N–H and O–H groups in total. The average molecular weight is 223 g/mol. The fourth-order valence-electron chi connectivity index (χ4n) is 1.73. The number of hydrogen-bond acceptors (Lipinski definition) is 3. The first kappa shape index (κ1) is 11.0. The fourth-order valence-corrected chi connectivity index (χ4v) is 1.73. The van der Waals surface area contributed by atoms with Gasteiger partial charge in [-0.1, -0.05) is 12.1 Å². The average Bonchev–Trinajstić information content (AvgIpc) is 2.30. The zero-order valence-corrected chi connectivity index (χ0v) is 8.90. The lowest BCUT2D eigenvalue weighted by Gasteiger charge is -2.32. The van der Waals surface area contributed by atoms with Gasteiger partial charge in [0, 0.05) is 26.2 Å². The minimum atomic E-state index is -0.470. The van der Waals surface area contributed by atoms with Crippen LogP contribution in [0.15, 0.2) is 24.3 Å². The Morgan fingerprint density at radius 1 is 1.19 bits per heavy atom. The van der Waals surface area contributed by atoms with Crippen molar-refractivity contribution in [2.75, 3.05) is 26.2 Å². The molecule has 0 atom stereocenters. The number of amides is 1. The molecule has 4 nitrogen and oxygen atoms in total. The molecular formula is C11H14FN3O. The van der Waals surface area contributed by atoms with Gasteiger partial charge in [-0.15, -0.1) is 0 Å². The molecule has 0 aromatic heterocycles. The highest BCUT2D eigenvalue weighted by Crippen LogP contribution is 2.11. The van der Waals surface area contributed by atoms with E-state index in [4.69, 9.17) is 5.84 Å². The maximum absolute atomic E-state index is 13.4. The van der Waals surface area contributed by atoms with Crippen LogP contribution in [-0.4, -0.2) is 42.0 Å². The van der Waals surface area contributed by atoms with Crippen molar-refractivity contribution < 1.29 is 9.18 Å². The van der Waals surface area contributed by atoms with Crippen LogP contribution < -0.4 is 5.84 Å². The Morgan fingerprint density at radius 2 is 1.81 bits per heavy atom. The van der Waals surface area contributed by atoms with Crippen molar-refractivity contribution in [3.05, 3.63) is 35.6 Å². The van der Waals surface area contributed by atoms with Crippen LogP contribution in [0.3, 0.4) is 0 Å². The highest BCUT2D eigenvalue weighted by atomic mass is 19.1. The molecule has 1 aliphatic heterocycles. The van der Waals surface area contributed by atoms with Crippen LogP contribution >= 0.6 is 0 Å². The first-order chi connectivity index (χ1) is 7.68. The van der Waals surface area contributed by atoms with Crippen molar-refractivity contribution in [2.24, 2.45) is 5.84 Å². The zero-order valence-electron chi connectivity index (χ0n) is 8.90. The highest BCUT2D eigenvalue weighted by Gasteiger charge is 2.22. The van der Waals surface area contributed by atoms with Crippen molar-refractivity contribution in [2.45, 2.75) is 0 Å². The van der Waals surface area contributed by atoms with Gasteiger partial charge < -0.3 is 4.90 Å². The van der Waals surface area contributed by atoms with Gasteiger partial charge in [-0.2, -0.15) is 0 Å². The van der Waals surface area contributed by atoms with Gasteiger partial charge in [0.2, 0.25) is 0 Å². The van der Waals surface area contributed by atoms with Crippen molar-refractivity contribution in [3.8, 4) is 0 Å². The van der Waals surface area contributed by atoms with Crippen molar-refractivity contribution >= 4 is 5.91 Å². The highest BCUT2D eigenvalue weighted by molar-refractivity contribution is 5.94. The second kappa shape index (κ2) is 4.59. The van der Waals surface area contributed by atoms with E-state index in [2.05, 4.69) is 0 Å². The molecule has 16 heavy (non-hydrogen) atoms. The first-order valence-electron chi connectivity index (χ1n) is 5.22. The number of carbonyl (C=O) groups excluding carboxylic acids is 1. The maximum Gasteiger partial charge on any atom is 0.256 e. The van der Waals surface area contributed by atoms with Crippen molar-refractivity contribution in [3.63, 3.8) is 0 Å². The van der Waals surface area contributed by atoms with Crippen LogP contribution in [0.5, 0.6) is 0 Å². The molecule has 0 aliphatic carbocycles. The molecule has 1 aromatic rings. The summed E-state index contributed by atoms with van der Waals surface area (Å²) in [5.41, 5.74) is 0.132. The van der Waals surface area contributed by atoms with Gasteiger partial charge in [0.1, 0.15) is 5.82 Å². The van der Waals surface area contributed by atoms with E-state index in [-0.39, 0.29) is 11.5 Å². The standard InChI is InChI=1S/C11H14FN3O/c12-10-4-2-1-3-9(10)11(16)14-5-7-15(13)8-6-14/h1-4H,5-8,13H2. The van der Waals surface area contributed by atoms with Gasteiger partial charge in [-0.3, -0.25) is 10.6 Å². The molecular weight excluding hydrogens is 209 g/mol. The first-order valence-corrected chi connectivity index (χ1v) is 5.22. The van der Waals surface area contributed by atoms with E-state index < -0.39 is 5.82 Å². The molecule has 1 fully saturated rings. The molecule has 1 heterocycles. The second-order valence-corrected chi connectivity index (χ2v) is 3.81. The van der Waals surface area contributed by atoms with Crippen molar-refractivity contribution in [1.82, 2.24) is 9.91 Å². The number of benzene rings is 1. The van der Waals surface area contributed by atoms with Crippen LogP contribution in [0.4, 0.5) is 4.39 Å². The summed E-state index contributed by atoms with van der Waals surface area (Å²) in [4.78, 5) is 13.6. The van der Waals surface area contributed by atoms with E-state index in [0.717, 1.165) is 0 Å². The molecule has 0 radical (unpaired) electrons. The number of rotatable bonds is 1. The lowest BCUT2D eigenvalue weighted by Crippen LogP contribution is -2.51. The molecule has 0 unspecified atom stereocenters. The predicted octanol–water partition coefficient (Wildman–Crippen LogP) is 0.457.